The van der Waals surface area contributed by atoms with Gasteiger partial charge in [0.1, 0.15) is 0 Å². The minimum atomic E-state index is -3.67. The molecule has 1 fully saturated rings. The molecule has 2 aromatic rings. The first kappa shape index (κ1) is 23.7. The molecule has 1 saturated heterocycles. The zero-order valence-corrected chi connectivity index (χ0v) is 19.4. The van der Waals surface area contributed by atoms with Gasteiger partial charge in [-0.25, -0.2) is 8.42 Å². The third kappa shape index (κ3) is 5.44. The fourth-order valence-electron chi connectivity index (χ4n) is 3.32. The van der Waals surface area contributed by atoms with E-state index in [1.807, 2.05) is 12.1 Å². The normalized spacial score (nSPS) is 15.0. The highest BCUT2D eigenvalue weighted by atomic mass is 32.2. The Hall–Kier alpha value is -2.97. The van der Waals surface area contributed by atoms with Crippen LogP contribution in [0.4, 0.5) is 0 Å². The van der Waals surface area contributed by atoms with E-state index in [9.17, 15) is 18.0 Å². The number of hydrogen-bond donors (Lipinski definition) is 2. The molecule has 0 saturated carbocycles. The number of rotatable bonds is 7. The molecule has 0 spiro atoms. The summed E-state index contributed by atoms with van der Waals surface area (Å²) in [7, 11) is -3.67. The number of hydrogen-bond acceptors (Lipinski definition) is 4. The molecule has 0 atom stereocenters. The van der Waals surface area contributed by atoms with Gasteiger partial charge in [0.05, 0.1) is 10.9 Å². The average Bonchev–Trinajstić information content (AvgIpc) is 2.73. The maximum atomic E-state index is 12.7. The van der Waals surface area contributed by atoms with E-state index < -0.39 is 10.0 Å². The molecule has 0 unspecified atom stereocenters. The van der Waals surface area contributed by atoms with Crippen molar-refractivity contribution < 1.29 is 18.0 Å². The highest BCUT2D eigenvalue weighted by molar-refractivity contribution is 7.89. The van der Waals surface area contributed by atoms with Crippen LogP contribution in [-0.2, 0) is 26.8 Å². The highest BCUT2D eigenvalue weighted by Gasteiger charge is 2.37. The summed E-state index contributed by atoms with van der Waals surface area (Å²) in [6.07, 6.45) is 1.15. The lowest BCUT2D eigenvalue weighted by Gasteiger charge is -2.38. The van der Waals surface area contributed by atoms with E-state index in [4.69, 9.17) is 0 Å². The van der Waals surface area contributed by atoms with Crippen molar-refractivity contribution in [3.05, 3.63) is 77.9 Å². The minimum Gasteiger partial charge on any atom is -0.348 e. The quantitative estimate of drug-likeness (QED) is 0.628. The summed E-state index contributed by atoms with van der Waals surface area (Å²) in [5.74, 6) is -0.599. The van der Waals surface area contributed by atoms with E-state index >= 15 is 0 Å². The van der Waals surface area contributed by atoms with Crippen molar-refractivity contribution in [1.82, 2.24) is 14.9 Å². The number of amides is 2. The molecule has 2 N–H and O–H groups in total. The van der Waals surface area contributed by atoms with Crippen LogP contribution in [0.15, 0.2) is 66.1 Å². The maximum Gasteiger partial charge on any atom is 0.251 e. The molecule has 170 valence electrons. The topological polar surface area (TPSA) is 95.6 Å². The van der Waals surface area contributed by atoms with Gasteiger partial charge in [-0.05, 0) is 46.9 Å². The third-order valence-corrected chi connectivity index (χ3v) is 7.25. The van der Waals surface area contributed by atoms with Crippen LogP contribution in [-0.4, -0.2) is 43.7 Å². The second-order valence-corrected chi connectivity index (χ2v) is 10.8. The molecule has 3 rings (SSSR count). The molecule has 0 bridgehead atoms. The van der Waals surface area contributed by atoms with Crippen LogP contribution in [0.1, 0.15) is 42.3 Å². The zero-order valence-electron chi connectivity index (χ0n) is 18.6. The summed E-state index contributed by atoms with van der Waals surface area (Å²) in [5, 5.41) is 5.52. The molecule has 8 heteroatoms. The van der Waals surface area contributed by atoms with Crippen LogP contribution >= 0.6 is 0 Å². The monoisotopic (exact) mass is 455 g/mol. The predicted molar refractivity (Wildman–Crippen MR) is 124 cm³/mol. The second kappa shape index (κ2) is 9.26. The van der Waals surface area contributed by atoms with Crippen molar-refractivity contribution >= 4 is 21.8 Å². The van der Waals surface area contributed by atoms with Gasteiger partial charge in [0, 0.05) is 25.2 Å². The van der Waals surface area contributed by atoms with Crippen LogP contribution in [0.3, 0.4) is 0 Å². The minimum absolute atomic E-state index is 0.0698. The molecule has 7 nitrogen and oxygen atoms in total. The zero-order chi connectivity index (χ0) is 23.5. The summed E-state index contributed by atoms with van der Waals surface area (Å²) in [6, 6.07) is 13.7. The van der Waals surface area contributed by atoms with Gasteiger partial charge in [-0.15, -0.1) is 0 Å². The molecule has 0 aliphatic carbocycles. The van der Waals surface area contributed by atoms with Crippen LogP contribution in [0.5, 0.6) is 0 Å². The fraction of sp³-hybridized carbons (Fsp3) is 0.333. The number of carbonyl (C=O) groups is 2. The SMILES string of the molecule is C=CC(=O)NC1CN(S(=O)(=O)c2ccc(C(=O)NCc3ccc(C(C)(C)C)cc3)cc2)C1. The Morgan fingerprint density at radius 2 is 1.66 bits per heavy atom. The van der Waals surface area contributed by atoms with Crippen molar-refractivity contribution in [3.8, 4) is 0 Å². The van der Waals surface area contributed by atoms with Gasteiger partial charge in [0.15, 0.2) is 0 Å². The summed E-state index contributed by atoms with van der Waals surface area (Å²) in [4.78, 5) is 23.9. The second-order valence-electron chi connectivity index (χ2n) is 8.89. The molecule has 0 radical (unpaired) electrons. The first-order valence-corrected chi connectivity index (χ1v) is 11.9. The first-order chi connectivity index (χ1) is 15.0. The summed E-state index contributed by atoms with van der Waals surface area (Å²) in [6.45, 7) is 10.6. The fourth-order valence-corrected chi connectivity index (χ4v) is 4.85. The van der Waals surface area contributed by atoms with E-state index in [0.29, 0.717) is 12.1 Å². The summed E-state index contributed by atoms with van der Waals surface area (Å²) in [5.41, 5.74) is 2.66. The van der Waals surface area contributed by atoms with Crippen molar-refractivity contribution in [2.24, 2.45) is 0 Å². The first-order valence-electron chi connectivity index (χ1n) is 10.4. The lowest BCUT2D eigenvalue weighted by Crippen LogP contribution is -2.60. The Morgan fingerprint density at radius 3 is 2.19 bits per heavy atom. The number of nitrogens with one attached hydrogen (secondary N) is 2. The van der Waals surface area contributed by atoms with E-state index in [1.165, 1.54) is 34.1 Å². The Morgan fingerprint density at radius 1 is 1.06 bits per heavy atom. The van der Waals surface area contributed by atoms with Gasteiger partial charge in [-0.2, -0.15) is 4.31 Å². The van der Waals surface area contributed by atoms with E-state index in [1.54, 1.807) is 0 Å². The Balaban J connectivity index is 1.56. The number of sulfonamides is 1. The number of benzene rings is 2. The van der Waals surface area contributed by atoms with Gasteiger partial charge in [0.2, 0.25) is 15.9 Å². The summed E-state index contributed by atoms with van der Waals surface area (Å²) < 4.78 is 26.7. The number of nitrogens with zero attached hydrogens (tertiary/aromatic N) is 1. The van der Waals surface area contributed by atoms with Crippen LogP contribution in [0.2, 0.25) is 0 Å². The van der Waals surface area contributed by atoms with Crippen molar-refractivity contribution in [2.45, 2.75) is 43.7 Å². The van der Waals surface area contributed by atoms with Crippen LogP contribution in [0.25, 0.3) is 0 Å². The Kier molecular flexibility index (Phi) is 6.85. The lowest BCUT2D eigenvalue weighted by atomic mass is 9.87. The molecule has 2 amide bonds. The molecule has 1 aliphatic rings. The number of carbonyl (C=O) groups excluding carboxylic acids is 2. The smallest absolute Gasteiger partial charge is 0.251 e. The molecule has 32 heavy (non-hydrogen) atoms. The van der Waals surface area contributed by atoms with Gasteiger partial charge in [-0.3, -0.25) is 9.59 Å². The van der Waals surface area contributed by atoms with Crippen LogP contribution < -0.4 is 10.6 Å². The van der Waals surface area contributed by atoms with E-state index in [-0.39, 0.29) is 41.3 Å². The van der Waals surface area contributed by atoms with Crippen molar-refractivity contribution in [3.63, 3.8) is 0 Å². The lowest BCUT2D eigenvalue weighted by molar-refractivity contribution is -0.117. The highest BCUT2D eigenvalue weighted by Crippen LogP contribution is 2.23. The molecular weight excluding hydrogens is 426 g/mol. The molecular formula is C24H29N3O4S. The van der Waals surface area contributed by atoms with E-state index in [2.05, 4.69) is 50.1 Å². The predicted octanol–water partition coefficient (Wildman–Crippen LogP) is 2.59. The van der Waals surface area contributed by atoms with Crippen molar-refractivity contribution in [2.75, 3.05) is 13.1 Å². The maximum absolute atomic E-state index is 12.7. The Labute approximate surface area is 189 Å². The van der Waals surface area contributed by atoms with Gasteiger partial charge < -0.3 is 10.6 Å². The molecule has 1 aliphatic heterocycles. The molecule has 2 aromatic carbocycles. The van der Waals surface area contributed by atoms with Crippen LogP contribution in [0, 0.1) is 0 Å². The average molecular weight is 456 g/mol. The molecule has 0 aromatic heterocycles. The Bertz CT molecular complexity index is 1100. The largest absolute Gasteiger partial charge is 0.348 e. The van der Waals surface area contributed by atoms with Gasteiger partial charge in [0.25, 0.3) is 5.91 Å². The van der Waals surface area contributed by atoms with Crippen molar-refractivity contribution in [1.29, 1.82) is 0 Å². The summed E-state index contributed by atoms with van der Waals surface area (Å²) >= 11 is 0. The van der Waals surface area contributed by atoms with Gasteiger partial charge in [-0.1, -0.05) is 51.6 Å². The molecule has 1 heterocycles. The standard InChI is InChI=1S/C24H29N3O4S/c1-5-22(28)26-20-15-27(16-20)32(30,31)21-12-8-18(9-13-21)23(29)25-14-17-6-10-19(11-7-17)24(2,3)4/h5-13,20H,1,14-16H2,2-4H3,(H,25,29)(H,26,28). The van der Waals surface area contributed by atoms with Gasteiger partial charge >= 0.3 is 0 Å². The third-order valence-electron chi connectivity index (χ3n) is 5.41. The van der Waals surface area contributed by atoms with E-state index in [0.717, 1.165) is 11.6 Å².